The summed E-state index contributed by atoms with van der Waals surface area (Å²) in [6.07, 6.45) is 3.41. The van der Waals surface area contributed by atoms with Gasteiger partial charge in [-0.25, -0.2) is 24.5 Å². The Morgan fingerprint density at radius 2 is 1.06 bits per heavy atom. The van der Waals surface area contributed by atoms with E-state index in [0.29, 0.717) is 78.5 Å². The van der Waals surface area contributed by atoms with E-state index < -0.39 is 22.8 Å². The summed E-state index contributed by atoms with van der Waals surface area (Å²) in [4.78, 5) is 71.7. The van der Waals surface area contributed by atoms with E-state index >= 15 is 0 Å². The number of aryl methyl sites for hydroxylation is 2. The quantitative estimate of drug-likeness (QED) is 0.0499. The van der Waals surface area contributed by atoms with Crippen LogP contribution in [0.1, 0.15) is 109 Å². The molecule has 396 valence electrons. The van der Waals surface area contributed by atoms with Crippen molar-refractivity contribution >= 4 is 109 Å². The van der Waals surface area contributed by atoms with Gasteiger partial charge in [-0.2, -0.15) is 9.97 Å². The molecule has 4 fully saturated rings. The molecule has 0 unspecified atom stereocenters. The summed E-state index contributed by atoms with van der Waals surface area (Å²) in [5.74, 6) is 2.57. The van der Waals surface area contributed by atoms with Crippen LogP contribution in [0.25, 0.3) is 31.5 Å². The number of fused-ring (bicyclic) bond motifs is 2. The Morgan fingerprint density at radius 3 is 1.44 bits per heavy atom. The maximum atomic E-state index is 13.7. The van der Waals surface area contributed by atoms with Gasteiger partial charge in [-0.05, 0) is 184 Å². The minimum atomic E-state index is -0.992. The zero-order chi connectivity index (χ0) is 55.3. The number of aromatic nitrogens is 4. The number of nitrogens with zero attached hydrogens (tertiary/aromatic N) is 10. The lowest BCUT2D eigenvalue weighted by Crippen LogP contribution is -2.44. The van der Waals surface area contributed by atoms with Crippen LogP contribution in [0.5, 0.6) is 11.8 Å². The fraction of sp³-hybridized carbons (Fsp3) is 0.386. The largest absolute Gasteiger partial charge is 0.508 e. The van der Waals surface area contributed by atoms with Crippen LogP contribution < -0.4 is 29.1 Å². The molecule has 2 amide bonds. The number of hydrogen-bond acceptors (Lipinski definition) is 14. The molecule has 4 aliphatic rings. The van der Waals surface area contributed by atoms with E-state index in [9.17, 15) is 19.5 Å². The molecule has 20 heteroatoms. The van der Waals surface area contributed by atoms with Crippen molar-refractivity contribution < 1.29 is 38.4 Å². The van der Waals surface area contributed by atoms with Crippen molar-refractivity contribution in [2.24, 2.45) is 0 Å². The lowest BCUT2D eigenvalue weighted by Gasteiger charge is -2.29. The molecule has 0 atom stereocenters. The van der Waals surface area contributed by atoms with Crippen molar-refractivity contribution in [2.45, 2.75) is 117 Å². The van der Waals surface area contributed by atoms with Crippen LogP contribution >= 0.6 is 24.4 Å². The molecule has 2 aliphatic carbocycles. The Kier molecular flexibility index (Phi) is 14.6. The molecule has 4 heterocycles. The van der Waals surface area contributed by atoms with E-state index in [0.717, 1.165) is 59.7 Å². The van der Waals surface area contributed by atoms with E-state index in [4.69, 9.17) is 71.5 Å². The van der Waals surface area contributed by atoms with Crippen LogP contribution in [0.4, 0.5) is 38.9 Å². The van der Waals surface area contributed by atoms with Gasteiger partial charge in [0.25, 0.3) is 11.8 Å². The maximum Gasteiger partial charge on any atom is 0.508 e. The minimum Gasteiger partial charge on any atom is -0.475 e. The summed E-state index contributed by atoms with van der Waals surface area (Å²) in [6, 6.07) is 21.8. The van der Waals surface area contributed by atoms with Crippen molar-refractivity contribution in [3.63, 3.8) is 0 Å². The van der Waals surface area contributed by atoms with E-state index in [-0.39, 0.29) is 38.2 Å². The van der Waals surface area contributed by atoms with Crippen LogP contribution in [0.15, 0.2) is 72.8 Å². The first-order valence-electron chi connectivity index (χ1n) is 25.3. The third-order valence-corrected chi connectivity index (χ3v) is 14.2. The number of anilines is 4. The zero-order valence-electron chi connectivity index (χ0n) is 44.3. The number of hydrogen-bond donors (Lipinski definition) is 1. The number of ether oxygens (including phenoxy) is 4. The Hall–Kier alpha value is -7.91. The lowest BCUT2D eigenvalue weighted by molar-refractivity contribution is -0.121. The van der Waals surface area contributed by atoms with Gasteiger partial charge in [-0.1, -0.05) is 12.1 Å². The zero-order valence-corrected chi connectivity index (χ0v) is 46.0. The van der Waals surface area contributed by atoms with Crippen molar-refractivity contribution in [1.29, 1.82) is 0 Å². The molecule has 0 radical (unpaired) electrons. The van der Waals surface area contributed by atoms with Gasteiger partial charge in [0.2, 0.25) is 11.8 Å². The van der Waals surface area contributed by atoms with Crippen molar-refractivity contribution in [3.05, 3.63) is 118 Å². The summed E-state index contributed by atoms with van der Waals surface area (Å²) in [5.41, 5.74) is 4.10. The van der Waals surface area contributed by atoms with Crippen LogP contribution in [-0.2, 0) is 19.1 Å². The molecule has 2 saturated carbocycles. The van der Waals surface area contributed by atoms with Crippen molar-refractivity contribution in [3.8, 4) is 11.8 Å². The topological polar surface area (TPSA) is 182 Å². The van der Waals surface area contributed by atoms with Gasteiger partial charge >= 0.3 is 6.16 Å². The van der Waals surface area contributed by atoms with Gasteiger partial charge in [0.15, 0.2) is 21.6 Å². The second-order valence-electron chi connectivity index (χ2n) is 21.3. The molecule has 2 aliphatic heterocycles. The van der Waals surface area contributed by atoms with E-state index in [1.54, 1.807) is 51.1 Å². The molecule has 2 aromatic heterocycles. The second-order valence-corrected chi connectivity index (χ2v) is 22.0. The first-order valence-corrected chi connectivity index (χ1v) is 26.1. The molecule has 18 nitrogen and oxygen atoms in total. The Bertz CT molecular complexity index is 3500. The molecule has 0 spiro atoms. The minimum absolute atomic E-state index is 0.0166. The van der Waals surface area contributed by atoms with Crippen molar-refractivity contribution in [2.75, 3.05) is 46.0 Å². The van der Waals surface area contributed by atoms with Crippen LogP contribution in [0.3, 0.4) is 0 Å². The van der Waals surface area contributed by atoms with Crippen LogP contribution in [-0.4, -0.2) is 96.3 Å². The predicted octanol–water partition coefficient (Wildman–Crippen LogP) is 11.3. The first-order chi connectivity index (χ1) is 36.6. The first kappa shape index (κ1) is 53.9. The Labute approximate surface area is 457 Å². The average Bonchev–Trinajstić information content (AvgIpc) is 4.46. The van der Waals surface area contributed by atoms with Gasteiger partial charge in [0, 0.05) is 34.6 Å². The predicted molar refractivity (Wildman–Crippen MR) is 301 cm³/mol. The highest BCUT2D eigenvalue weighted by Crippen LogP contribution is 2.44. The standard InChI is InChI=1S/C31H33N5O5S.C26H25N5O3S/c1-18-16-20(10-12-23(18)32-7)35-27(37)31(5,6)36(28(35)42)21-11-13-24-22(17-21)26(34-25(33-24)19-8-9-19)39-14-15-40-29(38)41-30(2,3)4;1-15-13-17(7-9-20(15)27-4)30-24(33)26(2,3)31(25(30)35)18-8-10-21-19(14-18)23(34-12-11-32)29-22(28-21)16-5-6-16/h10-13,16-17,19H,8-9,14-15H2,1-6H3;7-10,13-14,16,32H,5-6,11-12H2,1-3H3. The van der Waals surface area contributed by atoms with E-state index in [1.165, 1.54) is 9.80 Å². The molecule has 10 rings (SSSR count). The lowest BCUT2D eigenvalue weighted by atomic mass is 10.0. The summed E-state index contributed by atoms with van der Waals surface area (Å²) in [6.45, 7) is 31.0. The third-order valence-electron chi connectivity index (χ3n) is 13.4. The fourth-order valence-corrected chi connectivity index (χ4v) is 10.2. The molecule has 77 heavy (non-hydrogen) atoms. The number of thiocarbonyl (C=S) groups is 2. The molecule has 2 saturated heterocycles. The number of amides is 2. The summed E-state index contributed by atoms with van der Waals surface area (Å²) >= 11 is 11.7. The summed E-state index contributed by atoms with van der Waals surface area (Å²) in [5, 5.41) is 11.3. The fourth-order valence-electron chi connectivity index (χ4n) is 9.16. The van der Waals surface area contributed by atoms with E-state index in [2.05, 4.69) is 14.7 Å². The van der Waals surface area contributed by atoms with Gasteiger partial charge in [-0.3, -0.25) is 19.4 Å². The summed E-state index contributed by atoms with van der Waals surface area (Å²) < 4.78 is 22.1. The molecule has 1 N–H and O–H groups in total. The highest BCUT2D eigenvalue weighted by Gasteiger charge is 2.52. The third kappa shape index (κ3) is 10.8. The smallest absolute Gasteiger partial charge is 0.475 e. The monoisotopic (exact) mass is 1070 g/mol. The average molecular weight is 1080 g/mol. The highest BCUT2D eigenvalue weighted by molar-refractivity contribution is 7.81. The summed E-state index contributed by atoms with van der Waals surface area (Å²) in [7, 11) is 0. The number of carbonyl (C=O) groups excluding carboxylic acids is 3. The second kappa shape index (κ2) is 20.9. The Morgan fingerprint density at radius 1 is 0.649 bits per heavy atom. The van der Waals surface area contributed by atoms with Gasteiger partial charge < -0.3 is 33.9 Å². The molecular weight excluding hydrogens is 1020 g/mol. The number of rotatable bonds is 13. The highest BCUT2D eigenvalue weighted by atomic mass is 32.1. The van der Waals surface area contributed by atoms with Crippen LogP contribution in [0, 0.1) is 27.0 Å². The number of carbonyl (C=O) groups is 3. The molecular formula is C57H58N10O8S2. The SMILES string of the molecule is [C-]#[N+]c1ccc(N2C(=O)C(C)(C)N(c3ccc4nc(C5CC5)nc(OCCO)c4c3)C2=S)cc1C.[C-]#[N+]c1ccc(N2C(=O)C(C)(C)N(c3ccc4nc(C5CC5)nc(OCCOC(=O)OC(C)(C)C)c4c3)C2=S)cc1C. The molecule has 0 bridgehead atoms. The van der Waals surface area contributed by atoms with Crippen molar-refractivity contribution in [1.82, 2.24) is 19.9 Å². The van der Waals surface area contributed by atoms with Gasteiger partial charge in [0.1, 0.15) is 48.1 Å². The normalized spacial score (nSPS) is 16.8. The number of aliphatic hydroxyl groups is 1. The Balaban J connectivity index is 0.000000191. The molecule has 4 aromatic carbocycles. The molecule has 6 aromatic rings. The van der Waals surface area contributed by atoms with Gasteiger partial charge in [0.05, 0.1) is 41.6 Å². The number of benzene rings is 4. The number of aliphatic hydroxyl groups excluding tert-OH is 1. The van der Waals surface area contributed by atoms with E-state index in [1.807, 2.05) is 93.8 Å². The van der Waals surface area contributed by atoms with Crippen LogP contribution in [0.2, 0.25) is 0 Å². The van der Waals surface area contributed by atoms with Gasteiger partial charge in [-0.15, -0.1) is 0 Å². The maximum absolute atomic E-state index is 13.7.